The number of allylic oxidation sites excluding steroid dienone is 1. The predicted octanol–water partition coefficient (Wildman–Crippen LogP) is 3.73. The molecule has 2 aromatic carbocycles. The average molecular weight is 256 g/mol. The first-order valence-electron chi connectivity index (χ1n) is 5.81. The molecule has 0 fully saturated rings. The summed E-state index contributed by atoms with van der Waals surface area (Å²) in [5.41, 5.74) is 0.928. The lowest BCUT2D eigenvalue weighted by atomic mass is 10.1. The molecule has 0 heterocycles. The number of halogens is 1. The second kappa shape index (κ2) is 5.96. The number of methoxy groups -OCH3 is 1. The van der Waals surface area contributed by atoms with Crippen LogP contribution in [0.25, 0.3) is 6.08 Å². The molecule has 0 bridgehead atoms. The highest BCUT2D eigenvalue weighted by atomic mass is 19.1. The number of rotatable bonds is 4. The molecule has 2 aromatic rings. The molecule has 0 saturated carbocycles. The van der Waals surface area contributed by atoms with Crippen LogP contribution in [0.2, 0.25) is 0 Å². The van der Waals surface area contributed by atoms with Crippen LogP contribution in [-0.2, 0) is 0 Å². The molecule has 0 aliphatic rings. The number of ether oxygens (including phenoxy) is 1. The molecule has 0 amide bonds. The molecule has 0 atom stereocenters. The van der Waals surface area contributed by atoms with Gasteiger partial charge in [-0.1, -0.05) is 30.3 Å². The van der Waals surface area contributed by atoms with Crippen LogP contribution in [0, 0.1) is 5.82 Å². The summed E-state index contributed by atoms with van der Waals surface area (Å²) in [6.45, 7) is 0. The van der Waals surface area contributed by atoms with Crippen molar-refractivity contribution in [1.82, 2.24) is 0 Å². The number of hydrogen-bond acceptors (Lipinski definition) is 2. The van der Waals surface area contributed by atoms with Crippen molar-refractivity contribution < 1.29 is 13.9 Å². The van der Waals surface area contributed by atoms with Gasteiger partial charge in [-0.2, -0.15) is 0 Å². The van der Waals surface area contributed by atoms with Gasteiger partial charge in [0.1, 0.15) is 11.6 Å². The lowest BCUT2D eigenvalue weighted by Crippen LogP contribution is -1.97. The Kier molecular flexibility index (Phi) is 4.08. The molecular weight excluding hydrogens is 243 g/mol. The summed E-state index contributed by atoms with van der Waals surface area (Å²) in [4.78, 5) is 11.8. The van der Waals surface area contributed by atoms with Gasteiger partial charge in [0.25, 0.3) is 0 Å². The van der Waals surface area contributed by atoms with Gasteiger partial charge in [-0.05, 0) is 35.9 Å². The van der Waals surface area contributed by atoms with E-state index in [4.69, 9.17) is 4.74 Å². The van der Waals surface area contributed by atoms with Crippen LogP contribution >= 0.6 is 0 Å². The molecule has 2 nitrogen and oxygen atoms in total. The second-order valence-corrected chi connectivity index (χ2v) is 3.95. The van der Waals surface area contributed by atoms with E-state index in [2.05, 4.69) is 0 Å². The standard InChI is InChI=1S/C16H13FO2/c1-19-13-9-6-12(7-10-13)8-11-16(18)14-4-2-3-5-15(14)17/h2-11H,1H3. The van der Waals surface area contributed by atoms with E-state index in [1.54, 1.807) is 37.5 Å². The maximum Gasteiger partial charge on any atom is 0.188 e. The number of carbonyl (C=O) groups excluding carboxylic acids is 1. The Bertz CT molecular complexity index is 600. The molecule has 0 N–H and O–H groups in total. The molecule has 0 spiro atoms. The van der Waals surface area contributed by atoms with E-state index in [1.807, 2.05) is 12.1 Å². The van der Waals surface area contributed by atoms with Gasteiger partial charge < -0.3 is 4.74 Å². The maximum absolute atomic E-state index is 13.4. The third kappa shape index (κ3) is 3.28. The summed E-state index contributed by atoms with van der Waals surface area (Å²) in [6.07, 6.45) is 3.01. The lowest BCUT2D eigenvalue weighted by molar-refractivity contribution is 0.104. The van der Waals surface area contributed by atoms with Gasteiger partial charge in [0.15, 0.2) is 5.78 Å². The molecule has 0 radical (unpaired) electrons. The van der Waals surface area contributed by atoms with Gasteiger partial charge in [-0.15, -0.1) is 0 Å². The molecule has 3 heteroatoms. The number of benzene rings is 2. The van der Waals surface area contributed by atoms with Crippen LogP contribution < -0.4 is 4.74 Å². The smallest absolute Gasteiger partial charge is 0.188 e. The van der Waals surface area contributed by atoms with Gasteiger partial charge >= 0.3 is 0 Å². The third-order valence-corrected chi connectivity index (χ3v) is 2.68. The summed E-state index contributed by atoms with van der Waals surface area (Å²) in [5, 5.41) is 0. The van der Waals surface area contributed by atoms with Crippen molar-refractivity contribution in [2.45, 2.75) is 0 Å². The fraction of sp³-hybridized carbons (Fsp3) is 0.0625. The van der Waals surface area contributed by atoms with E-state index >= 15 is 0 Å². The lowest BCUT2D eigenvalue weighted by Gasteiger charge is -1.99. The molecule has 19 heavy (non-hydrogen) atoms. The van der Waals surface area contributed by atoms with Crippen molar-refractivity contribution in [3.8, 4) is 5.75 Å². The minimum absolute atomic E-state index is 0.0762. The Morgan fingerprint density at radius 3 is 2.42 bits per heavy atom. The summed E-state index contributed by atoms with van der Waals surface area (Å²) < 4.78 is 18.4. The summed E-state index contributed by atoms with van der Waals surface area (Å²) >= 11 is 0. The molecule has 0 aromatic heterocycles. The number of hydrogen-bond donors (Lipinski definition) is 0. The van der Waals surface area contributed by atoms with Gasteiger partial charge in [0, 0.05) is 0 Å². The van der Waals surface area contributed by atoms with Crippen molar-refractivity contribution in [3.63, 3.8) is 0 Å². The third-order valence-electron chi connectivity index (χ3n) is 2.68. The van der Waals surface area contributed by atoms with Crippen LogP contribution in [0.15, 0.2) is 54.6 Å². The molecule has 0 saturated heterocycles. The highest BCUT2D eigenvalue weighted by Crippen LogP contribution is 2.13. The van der Waals surface area contributed by atoms with Crippen LogP contribution in [0.4, 0.5) is 4.39 Å². The van der Waals surface area contributed by atoms with Gasteiger partial charge in [-0.25, -0.2) is 4.39 Å². The van der Waals surface area contributed by atoms with Crippen LogP contribution in [0.3, 0.4) is 0 Å². The monoisotopic (exact) mass is 256 g/mol. The first-order valence-corrected chi connectivity index (χ1v) is 5.81. The number of ketones is 1. The molecule has 0 aliphatic heterocycles. The van der Waals surface area contributed by atoms with Crippen molar-refractivity contribution in [1.29, 1.82) is 0 Å². The molecule has 96 valence electrons. The number of carbonyl (C=O) groups is 1. The Morgan fingerprint density at radius 1 is 1.11 bits per heavy atom. The van der Waals surface area contributed by atoms with Crippen molar-refractivity contribution in [2.24, 2.45) is 0 Å². The van der Waals surface area contributed by atoms with E-state index < -0.39 is 5.82 Å². The summed E-state index contributed by atoms with van der Waals surface area (Å²) in [6, 6.07) is 13.2. The average Bonchev–Trinajstić information content (AvgIpc) is 2.46. The van der Waals surface area contributed by atoms with E-state index in [9.17, 15) is 9.18 Å². The second-order valence-electron chi connectivity index (χ2n) is 3.95. The zero-order valence-corrected chi connectivity index (χ0v) is 10.5. The Hall–Kier alpha value is -2.42. The van der Waals surface area contributed by atoms with Gasteiger partial charge in [-0.3, -0.25) is 4.79 Å². The van der Waals surface area contributed by atoms with E-state index in [-0.39, 0.29) is 11.3 Å². The minimum atomic E-state index is -0.508. The van der Waals surface area contributed by atoms with Crippen LogP contribution in [-0.4, -0.2) is 12.9 Å². The predicted molar refractivity (Wildman–Crippen MR) is 72.8 cm³/mol. The normalized spacial score (nSPS) is 10.6. The Labute approximate surface area is 111 Å². The fourth-order valence-electron chi connectivity index (χ4n) is 1.64. The molecular formula is C16H13FO2. The minimum Gasteiger partial charge on any atom is -0.497 e. The van der Waals surface area contributed by atoms with E-state index in [0.29, 0.717) is 0 Å². The maximum atomic E-state index is 13.4. The summed E-state index contributed by atoms with van der Waals surface area (Å²) in [5.74, 6) is -0.113. The molecule has 0 unspecified atom stereocenters. The van der Waals surface area contributed by atoms with E-state index in [1.165, 1.54) is 18.2 Å². The topological polar surface area (TPSA) is 26.3 Å². The fourth-order valence-corrected chi connectivity index (χ4v) is 1.64. The first kappa shape index (κ1) is 13.0. The van der Waals surface area contributed by atoms with Crippen molar-refractivity contribution >= 4 is 11.9 Å². The quantitative estimate of drug-likeness (QED) is 0.615. The zero-order chi connectivity index (χ0) is 13.7. The van der Waals surface area contributed by atoms with E-state index in [0.717, 1.165) is 11.3 Å². The molecule has 0 aliphatic carbocycles. The van der Waals surface area contributed by atoms with Crippen LogP contribution in [0.5, 0.6) is 5.75 Å². The Morgan fingerprint density at radius 2 is 1.79 bits per heavy atom. The highest BCUT2D eigenvalue weighted by Gasteiger charge is 2.06. The zero-order valence-electron chi connectivity index (χ0n) is 10.5. The van der Waals surface area contributed by atoms with Crippen LogP contribution in [0.1, 0.15) is 15.9 Å². The largest absolute Gasteiger partial charge is 0.497 e. The first-order chi connectivity index (χ1) is 9.20. The Balaban J connectivity index is 2.14. The molecule has 2 rings (SSSR count). The van der Waals surface area contributed by atoms with Gasteiger partial charge in [0.2, 0.25) is 0 Å². The summed E-state index contributed by atoms with van der Waals surface area (Å²) in [7, 11) is 1.59. The van der Waals surface area contributed by atoms with Gasteiger partial charge in [0.05, 0.1) is 12.7 Å². The van der Waals surface area contributed by atoms with Crippen molar-refractivity contribution in [3.05, 3.63) is 71.6 Å². The SMILES string of the molecule is COc1ccc(C=CC(=O)c2ccccc2F)cc1. The highest BCUT2D eigenvalue weighted by molar-refractivity contribution is 6.06. The van der Waals surface area contributed by atoms with Crippen molar-refractivity contribution in [2.75, 3.05) is 7.11 Å².